The summed E-state index contributed by atoms with van der Waals surface area (Å²) in [5.74, 6) is 2.76. The van der Waals surface area contributed by atoms with Gasteiger partial charge in [-0.3, -0.25) is 0 Å². The highest BCUT2D eigenvalue weighted by molar-refractivity contribution is 4.94. The quantitative estimate of drug-likeness (QED) is 0.827. The Balaban J connectivity index is 1.54. The van der Waals surface area contributed by atoms with Crippen LogP contribution in [0.1, 0.15) is 78.1 Å². The summed E-state index contributed by atoms with van der Waals surface area (Å²) in [4.78, 5) is 0. The lowest BCUT2D eigenvalue weighted by molar-refractivity contribution is -0.122. The molecular formula is C19H34O2. The zero-order chi connectivity index (χ0) is 14.9. The van der Waals surface area contributed by atoms with Gasteiger partial charge in [-0.25, -0.2) is 0 Å². The van der Waals surface area contributed by atoms with Crippen LogP contribution in [-0.2, 0) is 4.74 Å². The first-order chi connectivity index (χ1) is 10.1. The molecule has 3 fully saturated rings. The van der Waals surface area contributed by atoms with Gasteiger partial charge < -0.3 is 9.84 Å². The molecule has 122 valence electrons. The fraction of sp³-hybridized carbons (Fsp3) is 1.00. The standard InChI is InChI=1S/C19H34O2/c1-14(2)15-5-7-16(8-6-15)18(20)17-9-12-21-19(13-17)10-3-4-11-19/h14-18,20H,3-13H2,1-2H3. The van der Waals surface area contributed by atoms with Crippen LogP contribution in [0.15, 0.2) is 0 Å². The molecule has 2 atom stereocenters. The molecule has 2 aliphatic carbocycles. The Bertz CT molecular complexity index is 324. The molecule has 3 aliphatic rings. The Hall–Kier alpha value is -0.0800. The maximum absolute atomic E-state index is 10.9. The smallest absolute Gasteiger partial charge is 0.0686 e. The Labute approximate surface area is 130 Å². The molecule has 1 heterocycles. The highest BCUT2D eigenvalue weighted by atomic mass is 16.5. The van der Waals surface area contributed by atoms with Crippen LogP contribution in [0, 0.1) is 23.7 Å². The molecule has 1 saturated heterocycles. The molecule has 0 aromatic rings. The maximum atomic E-state index is 10.9. The lowest BCUT2D eigenvalue weighted by Gasteiger charge is -2.43. The van der Waals surface area contributed by atoms with Crippen molar-refractivity contribution in [2.45, 2.75) is 89.8 Å². The van der Waals surface area contributed by atoms with Gasteiger partial charge in [0, 0.05) is 6.61 Å². The maximum Gasteiger partial charge on any atom is 0.0686 e. The number of ether oxygens (including phenoxy) is 1. The number of rotatable bonds is 3. The highest BCUT2D eigenvalue weighted by Crippen LogP contribution is 2.45. The molecule has 1 N–H and O–H groups in total. The van der Waals surface area contributed by atoms with Crippen molar-refractivity contribution >= 4 is 0 Å². The van der Waals surface area contributed by atoms with Crippen molar-refractivity contribution in [1.29, 1.82) is 0 Å². The van der Waals surface area contributed by atoms with E-state index in [2.05, 4.69) is 13.8 Å². The van der Waals surface area contributed by atoms with E-state index in [0.717, 1.165) is 31.3 Å². The fourth-order valence-corrected chi connectivity index (χ4v) is 5.26. The third kappa shape index (κ3) is 3.47. The second kappa shape index (κ2) is 6.58. The average Bonchev–Trinajstić information content (AvgIpc) is 2.94. The van der Waals surface area contributed by atoms with Crippen LogP contribution < -0.4 is 0 Å². The van der Waals surface area contributed by atoms with Crippen molar-refractivity contribution in [2.75, 3.05) is 6.61 Å². The highest BCUT2D eigenvalue weighted by Gasteiger charge is 2.43. The van der Waals surface area contributed by atoms with Crippen molar-refractivity contribution in [3.63, 3.8) is 0 Å². The van der Waals surface area contributed by atoms with E-state index in [-0.39, 0.29) is 11.7 Å². The van der Waals surface area contributed by atoms with Gasteiger partial charge >= 0.3 is 0 Å². The second-order valence-corrected chi connectivity index (χ2v) is 8.40. The topological polar surface area (TPSA) is 29.5 Å². The van der Waals surface area contributed by atoms with Crippen molar-refractivity contribution in [3.05, 3.63) is 0 Å². The van der Waals surface area contributed by atoms with Crippen LogP contribution >= 0.6 is 0 Å². The minimum atomic E-state index is -0.0699. The molecule has 2 saturated carbocycles. The molecule has 2 nitrogen and oxygen atoms in total. The summed E-state index contributed by atoms with van der Waals surface area (Å²) in [6.45, 7) is 5.58. The van der Waals surface area contributed by atoms with Crippen LogP contribution in [0.5, 0.6) is 0 Å². The monoisotopic (exact) mass is 294 g/mol. The molecule has 0 aromatic heterocycles. The van der Waals surface area contributed by atoms with E-state index in [1.807, 2.05) is 0 Å². The first-order valence-corrected chi connectivity index (χ1v) is 9.42. The second-order valence-electron chi connectivity index (χ2n) is 8.40. The molecule has 0 amide bonds. The van der Waals surface area contributed by atoms with Crippen molar-refractivity contribution < 1.29 is 9.84 Å². The first kappa shape index (κ1) is 15.8. The molecule has 2 unspecified atom stereocenters. The summed E-state index contributed by atoms with van der Waals surface area (Å²) in [6.07, 6.45) is 12.4. The van der Waals surface area contributed by atoms with Gasteiger partial charge in [0.25, 0.3) is 0 Å². The summed E-state index contributed by atoms with van der Waals surface area (Å²) in [7, 11) is 0. The molecule has 21 heavy (non-hydrogen) atoms. The Morgan fingerprint density at radius 1 is 0.905 bits per heavy atom. The zero-order valence-corrected chi connectivity index (χ0v) is 14.0. The van der Waals surface area contributed by atoms with Gasteiger partial charge in [0.2, 0.25) is 0 Å². The molecule has 0 bridgehead atoms. The summed E-state index contributed by atoms with van der Waals surface area (Å²) in [5, 5.41) is 10.9. The van der Waals surface area contributed by atoms with E-state index < -0.39 is 0 Å². The molecule has 2 heteroatoms. The lowest BCUT2D eigenvalue weighted by atomic mass is 9.70. The van der Waals surface area contributed by atoms with E-state index in [1.165, 1.54) is 51.4 Å². The fourth-order valence-electron chi connectivity index (χ4n) is 5.26. The van der Waals surface area contributed by atoms with Crippen molar-refractivity contribution in [3.8, 4) is 0 Å². The van der Waals surface area contributed by atoms with Crippen molar-refractivity contribution in [1.82, 2.24) is 0 Å². The zero-order valence-electron chi connectivity index (χ0n) is 14.0. The van der Waals surface area contributed by atoms with E-state index in [0.29, 0.717) is 11.8 Å². The summed E-state index contributed by atoms with van der Waals surface area (Å²) < 4.78 is 6.13. The summed E-state index contributed by atoms with van der Waals surface area (Å²) in [6, 6.07) is 0. The number of hydrogen-bond donors (Lipinski definition) is 1. The number of hydrogen-bond acceptors (Lipinski definition) is 2. The summed E-state index contributed by atoms with van der Waals surface area (Å²) >= 11 is 0. The molecule has 3 rings (SSSR count). The normalized spacial score (nSPS) is 38.0. The van der Waals surface area contributed by atoms with Gasteiger partial charge in [-0.15, -0.1) is 0 Å². The molecule has 1 spiro atoms. The summed E-state index contributed by atoms with van der Waals surface area (Å²) in [5.41, 5.74) is 0.152. The molecule has 0 radical (unpaired) electrons. The van der Waals surface area contributed by atoms with Gasteiger partial charge in [-0.1, -0.05) is 26.7 Å². The van der Waals surface area contributed by atoms with Crippen LogP contribution in [-0.4, -0.2) is 23.4 Å². The predicted octanol–water partition coefficient (Wildman–Crippen LogP) is 4.55. The molecule has 1 aliphatic heterocycles. The van der Waals surface area contributed by atoms with Crippen LogP contribution in [0.4, 0.5) is 0 Å². The van der Waals surface area contributed by atoms with Gasteiger partial charge in [-0.2, -0.15) is 0 Å². The van der Waals surface area contributed by atoms with E-state index in [4.69, 9.17) is 4.74 Å². The SMILES string of the molecule is CC(C)C1CCC(C(O)C2CCOC3(CCCC3)C2)CC1. The number of aliphatic hydroxyl groups is 1. The Morgan fingerprint density at radius 2 is 1.52 bits per heavy atom. The lowest BCUT2D eigenvalue weighted by Crippen LogP contribution is -2.43. The van der Waals surface area contributed by atoms with Crippen molar-refractivity contribution in [2.24, 2.45) is 23.7 Å². The Morgan fingerprint density at radius 3 is 2.14 bits per heavy atom. The van der Waals surface area contributed by atoms with E-state index >= 15 is 0 Å². The van der Waals surface area contributed by atoms with E-state index in [9.17, 15) is 5.11 Å². The number of aliphatic hydroxyl groups excluding tert-OH is 1. The van der Waals surface area contributed by atoms with Gasteiger partial charge in [-0.05, 0) is 75.0 Å². The minimum Gasteiger partial charge on any atom is -0.393 e. The Kier molecular flexibility index (Phi) is 4.95. The average molecular weight is 294 g/mol. The van der Waals surface area contributed by atoms with Gasteiger partial charge in [0.15, 0.2) is 0 Å². The van der Waals surface area contributed by atoms with Crippen LogP contribution in [0.3, 0.4) is 0 Å². The predicted molar refractivity (Wildman–Crippen MR) is 86.2 cm³/mol. The van der Waals surface area contributed by atoms with Gasteiger partial charge in [0.1, 0.15) is 0 Å². The molecular weight excluding hydrogens is 260 g/mol. The third-order valence-electron chi connectivity index (χ3n) is 6.77. The molecule has 0 aromatic carbocycles. The minimum absolute atomic E-state index is 0.0699. The third-order valence-corrected chi connectivity index (χ3v) is 6.77. The van der Waals surface area contributed by atoms with Crippen LogP contribution in [0.25, 0.3) is 0 Å². The van der Waals surface area contributed by atoms with Gasteiger partial charge in [0.05, 0.1) is 11.7 Å². The first-order valence-electron chi connectivity index (χ1n) is 9.42. The van der Waals surface area contributed by atoms with E-state index in [1.54, 1.807) is 0 Å². The van der Waals surface area contributed by atoms with Crippen LogP contribution in [0.2, 0.25) is 0 Å². The largest absolute Gasteiger partial charge is 0.393 e.